The lowest BCUT2D eigenvalue weighted by atomic mass is 10.1. The minimum Gasteiger partial charge on any atom is -0.351 e. The molecule has 2 N–H and O–H groups in total. The van der Waals surface area contributed by atoms with E-state index in [0.29, 0.717) is 19.1 Å². The van der Waals surface area contributed by atoms with Crippen molar-refractivity contribution >= 4 is 18.3 Å². The van der Waals surface area contributed by atoms with Gasteiger partial charge in [-0.2, -0.15) is 0 Å². The number of rotatable bonds is 5. The molecule has 1 aromatic rings. The second-order valence-corrected chi connectivity index (χ2v) is 4.63. The Hall–Kier alpha value is -1.17. The molecule has 1 heterocycles. The van der Waals surface area contributed by atoms with E-state index in [-0.39, 0.29) is 24.1 Å². The van der Waals surface area contributed by atoms with Gasteiger partial charge in [0.05, 0.1) is 6.54 Å². The molecule has 0 saturated carbocycles. The summed E-state index contributed by atoms with van der Waals surface area (Å²) in [5.74, 6) is -0.268. The minimum atomic E-state index is -0.262. The molecule has 2 rings (SSSR count). The lowest BCUT2D eigenvalue weighted by molar-refractivity contribution is -0.122. The molecule has 0 unspecified atom stereocenters. The number of carbonyl (C=O) groups excluding carboxylic acids is 1. The number of nitrogens with zero attached hydrogens (tertiary/aromatic N) is 1. The van der Waals surface area contributed by atoms with Gasteiger partial charge in [0.1, 0.15) is 5.82 Å². The molecule has 1 aromatic carbocycles. The first-order chi connectivity index (χ1) is 8.65. The summed E-state index contributed by atoms with van der Waals surface area (Å²) in [4.78, 5) is 13.7. The van der Waals surface area contributed by atoms with Crippen LogP contribution in [-0.4, -0.2) is 43.5 Å². The second-order valence-electron chi connectivity index (χ2n) is 4.63. The average molecular weight is 288 g/mol. The molecule has 1 saturated heterocycles. The van der Waals surface area contributed by atoms with Gasteiger partial charge in [0.15, 0.2) is 0 Å². The van der Waals surface area contributed by atoms with Crippen LogP contribution in [0, 0.1) is 5.82 Å². The molecular formula is C13H19ClFN3O. The first-order valence-corrected chi connectivity index (χ1v) is 6.07. The Morgan fingerprint density at radius 2 is 2.05 bits per heavy atom. The average Bonchev–Trinajstić information content (AvgIpc) is 2.25. The molecule has 106 valence electrons. The van der Waals surface area contributed by atoms with Crippen LogP contribution in [0.5, 0.6) is 0 Å². The number of likely N-dealkylation sites (N-methyl/N-ethyl adjacent to an activating group) is 1. The third kappa shape index (κ3) is 4.78. The predicted octanol–water partition coefficient (Wildman–Crippen LogP) is 0.767. The summed E-state index contributed by atoms with van der Waals surface area (Å²) >= 11 is 0. The Balaban J connectivity index is 0.00000180. The van der Waals surface area contributed by atoms with Crippen molar-refractivity contribution in [2.75, 3.05) is 26.7 Å². The molecule has 19 heavy (non-hydrogen) atoms. The Bertz CT molecular complexity index is 409. The first kappa shape index (κ1) is 15.9. The van der Waals surface area contributed by atoms with Gasteiger partial charge in [-0.25, -0.2) is 4.39 Å². The highest BCUT2D eigenvalue weighted by atomic mass is 35.5. The predicted molar refractivity (Wildman–Crippen MR) is 74.8 cm³/mol. The van der Waals surface area contributed by atoms with Crippen LogP contribution in [0.1, 0.15) is 5.56 Å². The summed E-state index contributed by atoms with van der Waals surface area (Å²) in [5.41, 5.74) is 0.901. The molecule has 0 aromatic heterocycles. The van der Waals surface area contributed by atoms with Crippen LogP contribution < -0.4 is 10.6 Å². The maximum absolute atomic E-state index is 12.7. The molecule has 0 atom stereocenters. The smallest absolute Gasteiger partial charge is 0.234 e. The van der Waals surface area contributed by atoms with Crippen molar-refractivity contribution in [2.24, 2.45) is 0 Å². The molecule has 0 radical (unpaired) electrons. The van der Waals surface area contributed by atoms with Crippen LogP contribution >= 0.6 is 12.4 Å². The third-order valence-corrected chi connectivity index (χ3v) is 3.18. The quantitative estimate of drug-likeness (QED) is 0.841. The monoisotopic (exact) mass is 287 g/mol. The van der Waals surface area contributed by atoms with Gasteiger partial charge in [-0.3, -0.25) is 9.69 Å². The Kier molecular flexibility index (Phi) is 6.21. The van der Waals surface area contributed by atoms with Crippen molar-refractivity contribution < 1.29 is 9.18 Å². The lowest BCUT2D eigenvalue weighted by Crippen LogP contribution is -2.57. The van der Waals surface area contributed by atoms with Crippen molar-refractivity contribution in [1.82, 2.24) is 15.5 Å². The van der Waals surface area contributed by atoms with Gasteiger partial charge in [-0.05, 0) is 24.7 Å². The molecule has 4 nitrogen and oxygen atoms in total. The summed E-state index contributed by atoms with van der Waals surface area (Å²) in [5, 5.41) is 6.00. The van der Waals surface area contributed by atoms with E-state index >= 15 is 0 Å². The molecule has 0 aliphatic carbocycles. The standard InChI is InChI=1S/C13H18FN3O.ClH/c1-17(12-7-15-8-12)9-13(18)16-6-10-2-4-11(14)5-3-10;/h2-5,12,15H,6-9H2,1H3,(H,16,18);1H. The van der Waals surface area contributed by atoms with Crippen molar-refractivity contribution in [3.05, 3.63) is 35.6 Å². The highest BCUT2D eigenvalue weighted by Gasteiger charge is 2.22. The van der Waals surface area contributed by atoms with Gasteiger partial charge >= 0.3 is 0 Å². The number of hydrogen-bond acceptors (Lipinski definition) is 3. The normalized spacial score (nSPS) is 14.7. The fraction of sp³-hybridized carbons (Fsp3) is 0.462. The van der Waals surface area contributed by atoms with E-state index < -0.39 is 0 Å². The zero-order chi connectivity index (χ0) is 13.0. The second kappa shape index (κ2) is 7.43. The van der Waals surface area contributed by atoms with Crippen molar-refractivity contribution in [3.8, 4) is 0 Å². The summed E-state index contributed by atoms with van der Waals surface area (Å²) in [6, 6.07) is 6.60. The topological polar surface area (TPSA) is 44.4 Å². The first-order valence-electron chi connectivity index (χ1n) is 6.07. The number of hydrogen-bond donors (Lipinski definition) is 2. The van der Waals surface area contributed by atoms with Crippen molar-refractivity contribution in [1.29, 1.82) is 0 Å². The summed E-state index contributed by atoms with van der Waals surface area (Å²) in [7, 11) is 1.95. The molecule has 6 heteroatoms. The zero-order valence-corrected chi connectivity index (χ0v) is 11.7. The Labute approximate surface area is 118 Å². The fourth-order valence-corrected chi connectivity index (χ4v) is 1.80. The lowest BCUT2D eigenvalue weighted by Gasteiger charge is -2.35. The number of halogens is 2. The van der Waals surface area contributed by atoms with E-state index in [2.05, 4.69) is 10.6 Å². The number of benzene rings is 1. The van der Waals surface area contributed by atoms with Gasteiger partial charge in [-0.1, -0.05) is 12.1 Å². The van der Waals surface area contributed by atoms with Crippen LogP contribution in [0.4, 0.5) is 4.39 Å². The Morgan fingerprint density at radius 3 is 2.58 bits per heavy atom. The number of amides is 1. The van der Waals surface area contributed by atoms with E-state index in [4.69, 9.17) is 0 Å². The van der Waals surface area contributed by atoms with Gasteiger partial charge < -0.3 is 10.6 Å². The maximum Gasteiger partial charge on any atom is 0.234 e. The minimum absolute atomic E-state index is 0. The summed E-state index contributed by atoms with van der Waals surface area (Å²) < 4.78 is 12.7. The molecule has 1 fully saturated rings. The highest BCUT2D eigenvalue weighted by molar-refractivity contribution is 5.85. The molecule has 1 aliphatic rings. The number of nitrogens with one attached hydrogen (secondary N) is 2. The van der Waals surface area contributed by atoms with E-state index in [0.717, 1.165) is 18.7 Å². The zero-order valence-electron chi connectivity index (χ0n) is 10.9. The van der Waals surface area contributed by atoms with Gasteiger partial charge in [0, 0.05) is 25.7 Å². The van der Waals surface area contributed by atoms with E-state index in [1.54, 1.807) is 12.1 Å². The van der Waals surface area contributed by atoms with Gasteiger partial charge in [0.2, 0.25) is 5.91 Å². The van der Waals surface area contributed by atoms with Crippen LogP contribution in [0.2, 0.25) is 0 Å². The largest absolute Gasteiger partial charge is 0.351 e. The Morgan fingerprint density at radius 1 is 1.42 bits per heavy atom. The highest BCUT2D eigenvalue weighted by Crippen LogP contribution is 2.03. The van der Waals surface area contributed by atoms with Crippen LogP contribution in [0.25, 0.3) is 0 Å². The summed E-state index contributed by atoms with van der Waals surface area (Å²) in [6.07, 6.45) is 0. The van der Waals surface area contributed by atoms with E-state index in [9.17, 15) is 9.18 Å². The van der Waals surface area contributed by atoms with Gasteiger partial charge in [0.25, 0.3) is 0 Å². The molecule has 0 bridgehead atoms. The van der Waals surface area contributed by atoms with E-state index in [1.165, 1.54) is 12.1 Å². The van der Waals surface area contributed by atoms with Crippen molar-refractivity contribution in [3.63, 3.8) is 0 Å². The SMILES string of the molecule is CN(CC(=O)NCc1ccc(F)cc1)C1CNC1.Cl. The van der Waals surface area contributed by atoms with Crippen LogP contribution in [0.15, 0.2) is 24.3 Å². The number of carbonyl (C=O) groups is 1. The summed E-state index contributed by atoms with van der Waals surface area (Å²) in [6.45, 7) is 2.73. The molecule has 1 aliphatic heterocycles. The third-order valence-electron chi connectivity index (χ3n) is 3.18. The van der Waals surface area contributed by atoms with E-state index in [1.807, 2.05) is 11.9 Å². The molecular weight excluding hydrogens is 269 g/mol. The van der Waals surface area contributed by atoms with Crippen LogP contribution in [0.3, 0.4) is 0 Å². The maximum atomic E-state index is 12.7. The molecule has 1 amide bonds. The van der Waals surface area contributed by atoms with Crippen LogP contribution in [-0.2, 0) is 11.3 Å². The van der Waals surface area contributed by atoms with Crippen molar-refractivity contribution in [2.45, 2.75) is 12.6 Å². The molecule has 0 spiro atoms. The fourth-order valence-electron chi connectivity index (χ4n) is 1.80. The van der Waals surface area contributed by atoms with Gasteiger partial charge in [-0.15, -0.1) is 12.4 Å².